The number of alkyl carbamates (subject to hydrolysis) is 1. The third kappa shape index (κ3) is 3.46. The van der Waals surface area contributed by atoms with Gasteiger partial charge in [-0.15, -0.1) is 0 Å². The van der Waals surface area contributed by atoms with Gasteiger partial charge in [0.25, 0.3) is 0 Å². The summed E-state index contributed by atoms with van der Waals surface area (Å²) in [4.78, 5) is 24.4. The summed E-state index contributed by atoms with van der Waals surface area (Å²) in [5.41, 5.74) is 0.272. The van der Waals surface area contributed by atoms with Crippen molar-refractivity contribution in [2.24, 2.45) is 5.92 Å². The summed E-state index contributed by atoms with van der Waals surface area (Å²) in [5.74, 6) is -0.915. The lowest BCUT2D eigenvalue weighted by atomic mass is 9.93. The van der Waals surface area contributed by atoms with E-state index in [1.807, 2.05) is 6.92 Å². The van der Waals surface area contributed by atoms with Crippen LogP contribution in [-0.4, -0.2) is 23.5 Å². The molecular formula is C17H22FNO3. The van der Waals surface area contributed by atoms with E-state index in [4.69, 9.17) is 4.74 Å². The Bertz CT molecular complexity index is 592. The highest BCUT2D eigenvalue weighted by Gasteiger charge is 2.38. The highest BCUT2D eigenvalue weighted by Crippen LogP contribution is 2.31. The normalized spacial score (nSPS) is 18.8. The number of hydrogen-bond acceptors (Lipinski definition) is 3. The molecule has 0 spiro atoms. The van der Waals surface area contributed by atoms with Crippen molar-refractivity contribution < 1.29 is 18.7 Å². The van der Waals surface area contributed by atoms with E-state index in [0.29, 0.717) is 24.0 Å². The first-order chi connectivity index (χ1) is 10.2. The maximum Gasteiger partial charge on any atom is 0.407 e. The van der Waals surface area contributed by atoms with E-state index in [0.717, 1.165) is 0 Å². The number of rotatable bonds is 3. The van der Waals surface area contributed by atoms with Crippen molar-refractivity contribution in [1.82, 2.24) is 5.32 Å². The predicted octanol–water partition coefficient (Wildman–Crippen LogP) is 3.48. The van der Waals surface area contributed by atoms with E-state index in [9.17, 15) is 14.0 Å². The minimum absolute atomic E-state index is 0.114. The number of ketones is 1. The van der Waals surface area contributed by atoms with Crippen molar-refractivity contribution in [2.45, 2.75) is 52.2 Å². The lowest BCUT2D eigenvalue weighted by Crippen LogP contribution is -2.44. The third-order valence-electron chi connectivity index (χ3n) is 3.77. The van der Waals surface area contributed by atoms with Gasteiger partial charge in [-0.05, 0) is 45.2 Å². The Labute approximate surface area is 130 Å². The SMILES string of the molecule is CCC(NC(=O)OC(C)(C)C)C1Cc2c(F)cccc2C1=O. The van der Waals surface area contributed by atoms with Crippen molar-refractivity contribution in [3.05, 3.63) is 35.1 Å². The summed E-state index contributed by atoms with van der Waals surface area (Å²) < 4.78 is 19.1. The minimum atomic E-state index is -0.600. The van der Waals surface area contributed by atoms with Crippen LogP contribution < -0.4 is 5.32 Å². The molecule has 1 aromatic carbocycles. The molecule has 0 bridgehead atoms. The Kier molecular flexibility index (Phi) is 4.54. The molecule has 2 rings (SSSR count). The lowest BCUT2D eigenvalue weighted by Gasteiger charge is -2.25. The minimum Gasteiger partial charge on any atom is -0.444 e. The Morgan fingerprint density at radius 3 is 2.68 bits per heavy atom. The predicted molar refractivity (Wildman–Crippen MR) is 81.4 cm³/mol. The van der Waals surface area contributed by atoms with Crippen molar-refractivity contribution >= 4 is 11.9 Å². The second-order valence-electron chi connectivity index (χ2n) is 6.60. The van der Waals surface area contributed by atoms with Crippen LogP contribution in [0.2, 0.25) is 0 Å². The van der Waals surface area contributed by atoms with Crippen LogP contribution in [-0.2, 0) is 11.2 Å². The molecule has 0 heterocycles. The van der Waals surface area contributed by atoms with Gasteiger partial charge in [0, 0.05) is 17.5 Å². The maximum absolute atomic E-state index is 13.8. The molecule has 0 saturated heterocycles. The molecule has 1 aliphatic rings. The molecule has 0 fully saturated rings. The molecule has 1 N–H and O–H groups in total. The summed E-state index contributed by atoms with van der Waals surface area (Å²) in [7, 11) is 0. The van der Waals surface area contributed by atoms with Crippen LogP contribution in [0.25, 0.3) is 0 Å². The monoisotopic (exact) mass is 307 g/mol. The number of nitrogens with one attached hydrogen (secondary N) is 1. The number of Topliss-reactive ketones (excluding diaryl/α,β-unsaturated/α-hetero) is 1. The van der Waals surface area contributed by atoms with E-state index in [-0.39, 0.29) is 17.6 Å². The van der Waals surface area contributed by atoms with Gasteiger partial charge in [-0.1, -0.05) is 19.1 Å². The van der Waals surface area contributed by atoms with E-state index in [2.05, 4.69) is 5.32 Å². The molecule has 0 aliphatic heterocycles. The molecule has 1 aliphatic carbocycles. The summed E-state index contributed by atoms with van der Waals surface area (Å²) in [6.45, 7) is 7.22. The molecule has 5 heteroatoms. The van der Waals surface area contributed by atoms with Crippen LogP contribution in [0.3, 0.4) is 0 Å². The molecule has 1 amide bonds. The number of carbonyl (C=O) groups excluding carboxylic acids is 2. The molecule has 2 atom stereocenters. The quantitative estimate of drug-likeness (QED) is 0.930. The summed E-state index contributed by atoms with van der Waals surface area (Å²) in [6, 6.07) is 4.17. The van der Waals surface area contributed by atoms with Gasteiger partial charge in [-0.3, -0.25) is 4.79 Å². The molecule has 22 heavy (non-hydrogen) atoms. The number of benzene rings is 1. The number of amides is 1. The van der Waals surface area contributed by atoms with Gasteiger partial charge in [0.2, 0.25) is 0 Å². The zero-order valence-corrected chi connectivity index (χ0v) is 13.4. The van der Waals surface area contributed by atoms with E-state index >= 15 is 0 Å². The Hall–Kier alpha value is -1.91. The molecule has 0 aromatic heterocycles. The van der Waals surface area contributed by atoms with Crippen LogP contribution in [0.5, 0.6) is 0 Å². The zero-order valence-electron chi connectivity index (χ0n) is 13.4. The number of ether oxygens (including phenoxy) is 1. The van der Waals surface area contributed by atoms with Gasteiger partial charge in [-0.2, -0.15) is 0 Å². The van der Waals surface area contributed by atoms with E-state index in [1.165, 1.54) is 12.1 Å². The maximum atomic E-state index is 13.8. The van der Waals surface area contributed by atoms with E-state index < -0.39 is 17.6 Å². The van der Waals surface area contributed by atoms with Gasteiger partial charge >= 0.3 is 6.09 Å². The van der Waals surface area contributed by atoms with Crippen LogP contribution >= 0.6 is 0 Å². The molecule has 2 unspecified atom stereocenters. The van der Waals surface area contributed by atoms with Gasteiger partial charge in [0.1, 0.15) is 11.4 Å². The smallest absolute Gasteiger partial charge is 0.407 e. The molecule has 1 aromatic rings. The van der Waals surface area contributed by atoms with Gasteiger partial charge in [-0.25, -0.2) is 9.18 Å². The van der Waals surface area contributed by atoms with Crippen molar-refractivity contribution in [3.8, 4) is 0 Å². The lowest BCUT2D eigenvalue weighted by molar-refractivity contribution is 0.0483. The second-order valence-corrected chi connectivity index (χ2v) is 6.60. The summed E-state index contributed by atoms with van der Waals surface area (Å²) >= 11 is 0. The van der Waals surface area contributed by atoms with Crippen molar-refractivity contribution in [3.63, 3.8) is 0 Å². The molecule has 120 valence electrons. The number of fused-ring (bicyclic) bond motifs is 1. The van der Waals surface area contributed by atoms with Gasteiger partial charge in [0.05, 0.1) is 0 Å². The Morgan fingerprint density at radius 2 is 2.14 bits per heavy atom. The first kappa shape index (κ1) is 16.5. The molecule has 0 radical (unpaired) electrons. The van der Waals surface area contributed by atoms with E-state index in [1.54, 1.807) is 26.8 Å². The fourth-order valence-electron chi connectivity index (χ4n) is 2.78. The standard InChI is InChI=1S/C17H22FNO3/c1-5-14(19-16(21)22-17(2,3)4)12-9-11-10(15(12)20)7-6-8-13(11)18/h6-8,12,14H,5,9H2,1-4H3,(H,19,21). The van der Waals surface area contributed by atoms with Gasteiger partial charge in [0.15, 0.2) is 5.78 Å². The third-order valence-corrected chi connectivity index (χ3v) is 3.77. The number of halogens is 1. The van der Waals surface area contributed by atoms with Crippen molar-refractivity contribution in [1.29, 1.82) is 0 Å². The fraction of sp³-hybridized carbons (Fsp3) is 0.529. The number of hydrogen-bond donors (Lipinski definition) is 1. The summed E-state index contributed by atoms with van der Waals surface area (Å²) in [5, 5.41) is 2.75. The topological polar surface area (TPSA) is 55.4 Å². The molecule has 4 nitrogen and oxygen atoms in total. The average molecular weight is 307 g/mol. The Morgan fingerprint density at radius 1 is 1.45 bits per heavy atom. The highest BCUT2D eigenvalue weighted by atomic mass is 19.1. The van der Waals surface area contributed by atoms with Crippen LogP contribution in [0, 0.1) is 11.7 Å². The second kappa shape index (κ2) is 6.07. The molecular weight excluding hydrogens is 285 g/mol. The van der Waals surface area contributed by atoms with Crippen LogP contribution in [0.4, 0.5) is 9.18 Å². The number of carbonyl (C=O) groups is 2. The first-order valence-electron chi connectivity index (χ1n) is 7.54. The molecule has 0 saturated carbocycles. The van der Waals surface area contributed by atoms with Gasteiger partial charge < -0.3 is 10.1 Å². The summed E-state index contributed by atoms with van der Waals surface area (Å²) in [6.07, 6.45) is 0.337. The average Bonchev–Trinajstić information content (AvgIpc) is 2.73. The fourth-order valence-corrected chi connectivity index (χ4v) is 2.78. The Balaban J connectivity index is 2.12. The first-order valence-corrected chi connectivity index (χ1v) is 7.54. The largest absolute Gasteiger partial charge is 0.444 e. The van der Waals surface area contributed by atoms with Crippen LogP contribution in [0.15, 0.2) is 18.2 Å². The van der Waals surface area contributed by atoms with Crippen LogP contribution in [0.1, 0.15) is 50.0 Å². The van der Waals surface area contributed by atoms with Crippen molar-refractivity contribution in [2.75, 3.05) is 0 Å². The zero-order chi connectivity index (χ0) is 16.5. The highest BCUT2D eigenvalue weighted by molar-refractivity contribution is 6.02.